The molecule has 1 N–H and O–H groups in total. The van der Waals surface area contributed by atoms with Crippen LogP contribution in [0, 0.1) is 0 Å². The van der Waals surface area contributed by atoms with Gasteiger partial charge in [-0.3, -0.25) is 4.79 Å². The number of nitrogens with zero attached hydrogens (tertiary/aromatic N) is 4. The van der Waals surface area contributed by atoms with Crippen LogP contribution >= 0.6 is 0 Å². The summed E-state index contributed by atoms with van der Waals surface area (Å²) in [5.74, 6) is 2.91. The summed E-state index contributed by atoms with van der Waals surface area (Å²) in [4.78, 5) is 26.2. The van der Waals surface area contributed by atoms with Gasteiger partial charge in [-0.15, -0.1) is 0 Å². The molecule has 1 aliphatic rings. The summed E-state index contributed by atoms with van der Waals surface area (Å²) in [5, 5.41) is 3.46. The molecule has 7 nitrogen and oxygen atoms in total. The van der Waals surface area contributed by atoms with Crippen molar-refractivity contribution >= 4 is 11.7 Å². The molecule has 32 heavy (non-hydrogen) atoms. The van der Waals surface area contributed by atoms with E-state index in [-0.39, 0.29) is 11.9 Å². The Bertz CT molecular complexity index is 1060. The molecule has 0 unspecified atom stereocenters. The van der Waals surface area contributed by atoms with Crippen molar-refractivity contribution < 1.29 is 9.53 Å². The van der Waals surface area contributed by atoms with Crippen LogP contribution in [-0.4, -0.2) is 48.5 Å². The van der Waals surface area contributed by atoms with Gasteiger partial charge in [-0.2, -0.15) is 0 Å². The molecule has 1 fully saturated rings. The van der Waals surface area contributed by atoms with Crippen molar-refractivity contribution in [2.24, 2.45) is 0 Å². The summed E-state index contributed by atoms with van der Waals surface area (Å²) in [5.41, 5.74) is 1.39. The fourth-order valence-electron chi connectivity index (χ4n) is 3.73. The minimum Gasteiger partial charge on any atom is -0.457 e. The van der Waals surface area contributed by atoms with Gasteiger partial charge in [-0.25, -0.2) is 9.97 Å². The Kier molecular flexibility index (Phi) is 6.66. The third kappa shape index (κ3) is 5.23. The Balaban J connectivity index is 1.50. The Hall–Kier alpha value is -3.45. The van der Waals surface area contributed by atoms with Gasteiger partial charge >= 0.3 is 0 Å². The molecule has 4 rings (SSSR count). The van der Waals surface area contributed by atoms with Crippen LogP contribution in [0.15, 0.2) is 60.7 Å². The smallest absolute Gasteiger partial charge is 0.254 e. The van der Waals surface area contributed by atoms with E-state index >= 15 is 0 Å². The second kappa shape index (κ2) is 9.78. The summed E-state index contributed by atoms with van der Waals surface area (Å²) >= 11 is 0. The van der Waals surface area contributed by atoms with Gasteiger partial charge in [0.25, 0.3) is 5.91 Å². The molecule has 3 aromatic rings. The molecule has 2 aromatic carbocycles. The van der Waals surface area contributed by atoms with Crippen molar-refractivity contribution in [3.63, 3.8) is 0 Å². The molecular formula is C25H29N5O2. The lowest BCUT2D eigenvalue weighted by Crippen LogP contribution is -2.27. The van der Waals surface area contributed by atoms with Crippen LogP contribution in [0.2, 0.25) is 0 Å². The standard InChI is InChI=1S/C25H29N5O2/c1-29(2)23-16-19(27-24(28-23)22-13-8-14-26-22)17-30(3)25(31)18-9-7-12-21(15-18)32-20-10-5-4-6-11-20/h4-7,9-12,15-16,22,26H,8,13-14,17H2,1-3H3/t22-/m1/s1. The average molecular weight is 432 g/mol. The molecule has 1 saturated heterocycles. The number of nitrogens with one attached hydrogen (secondary N) is 1. The number of benzene rings is 2. The van der Waals surface area contributed by atoms with Gasteiger partial charge in [0.1, 0.15) is 23.1 Å². The zero-order chi connectivity index (χ0) is 22.5. The van der Waals surface area contributed by atoms with Crippen molar-refractivity contribution in [2.45, 2.75) is 25.4 Å². The van der Waals surface area contributed by atoms with Crippen LogP contribution in [0.4, 0.5) is 5.82 Å². The highest BCUT2D eigenvalue weighted by molar-refractivity contribution is 5.94. The molecule has 0 spiro atoms. The van der Waals surface area contributed by atoms with Crippen LogP contribution in [-0.2, 0) is 6.54 Å². The van der Waals surface area contributed by atoms with E-state index in [0.717, 1.165) is 42.5 Å². The number of anilines is 1. The quantitative estimate of drug-likeness (QED) is 0.609. The van der Waals surface area contributed by atoms with E-state index in [1.54, 1.807) is 24.1 Å². The molecular weight excluding hydrogens is 402 g/mol. The number of carbonyl (C=O) groups excluding carboxylic acids is 1. The molecule has 0 radical (unpaired) electrons. The van der Waals surface area contributed by atoms with Crippen molar-refractivity contribution in [2.75, 3.05) is 32.6 Å². The van der Waals surface area contributed by atoms with Crippen LogP contribution in [0.5, 0.6) is 11.5 Å². The summed E-state index contributed by atoms with van der Waals surface area (Å²) in [7, 11) is 5.72. The lowest BCUT2D eigenvalue weighted by molar-refractivity contribution is 0.0783. The Labute approximate surface area is 189 Å². The number of hydrogen-bond donors (Lipinski definition) is 1. The van der Waals surface area contributed by atoms with Crippen molar-refractivity contribution in [1.82, 2.24) is 20.2 Å². The van der Waals surface area contributed by atoms with Gasteiger partial charge in [-0.1, -0.05) is 24.3 Å². The highest BCUT2D eigenvalue weighted by Gasteiger charge is 2.22. The Morgan fingerprint density at radius 1 is 1.03 bits per heavy atom. The Morgan fingerprint density at radius 3 is 2.53 bits per heavy atom. The number of aromatic nitrogens is 2. The van der Waals surface area contributed by atoms with Crippen LogP contribution in [0.1, 0.15) is 40.8 Å². The highest BCUT2D eigenvalue weighted by atomic mass is 16.5. The van der Waals surface area contributed by atoms with Crippen LogP contribution in [0.25, 0.3) is 0 Å². The molecule has 1 atom stereocenters. The molecule has 0 aliphatic carbocycles. The topological polar surface area (TPSA) is 70.6 Å². The van der Waals surface area contributed by atoms with Crippen molar-refractivity contribution in [3.05, 3.63) is 77.7 Å². The zero-order valence-corrected chi connectivity index (χ0v) is 18.8. The van der Waals surface area contributed by atoms with E-state index in [1.165, 1.54) is 0 Å². The summed E-state index contributed by atoms with van der Waals surface area (Å²) < 4.78 is 5.88. The number of hydrogen-bond acceptors (Lipinski definition) is 6. The minimum atomic E-state index is -0.0888. The van der Waals surface area contributed by atoms with E-state index in [4.69, 9.17) is 14.7 Å². The molecule has 1 aliphatic heterocycles. The first-order chi connectivity index (χ1) is 15.5. The zero-order valence-electron chi connectivity index (χ0n) is 18.8. The summed E-state index contributed by atoms with van der Waals surface area (Å²) in [6.45, 7) is 1.38. The van der Waals surface area contributed by atoms with Crippen molar-refractivity contribution in [3.8, 4) is 11.5 Å². The van der Waals surface area contributed by atoms with E-state index in [0.29, 0.717) is 17.9 Å². The van der Waals surface area contributed by atoms with Crippen molar-refractivity contribution in [1.29, 1.82) is 0 Å². The lowest BCUT2D eigenvalue weighted by atomic mass is 10.2. The summed E-state index contributed by atoms with van der Waals surface area (Å²) in [6, 6.07) is 18.9. The van der Waals surface area contributed by atoms with Gasteiger partial charge < -0.3 is 19.9 Å². The highest BCUT2D eigenvalue weighted by Crippen LogP contribution is 2.24. The first kappa shape index (κ1) is 21.8. The number of ether oxygens (including phenoxy) is 1. The normalized spacial score (nSPS) is 15.4. The molecule has 166 valence electrons. The number of amides is 1. The molecule has 1 aromatic heterocycles. The third-order valence-corrected chi connectivity index (χ3v) is 5.42. The average Bonchev–Trinajstić information content (AvgIpc) is 3.34. The molecule has 7 heteroatoms. The molecule has 1 amide bonds. The largest absolute Gasteiger partial charge is 0.457 e. The van der Waals surface area contributed by atoms with Crippen LogP contribution in [0.3, 0.4) is 0 Å². The van der Waals surface area contributed by atoms with E-state index in [9.17, 15) is 4.79 Å². The first-order valence-corrected chi connectivity index (χ1v) is 10.9. The molecule has 2 heterocycles. The molecule has 0 bridgehead atoms. The van der Waals surface area contributed by atoms with Gasteiger partial charge in [-0.05, 0) is 49.7 Å². The maximum atomic E-state index is 13.1. The first-order valence-electron chi connectivity index (χ1n) is 10.9. The fourth-order valence-corrected chi connectivity index (χ4v) is 3.73. The Morgan fingerprint density at radius 2 is 1.81 bits per heavy atom. The number of rotatable bonds is 7. The van der Waals surface area contributed by atoms with Gasteiger partial charge in [0, 0.05) is 32.8 Å². The maximum absolute atomic E-state index is 13.1. The van der Waals surface area contributed by atoms with E-state index < -0.39 is 0 Å². The van der Waals surface area contributed by atoms with E-state index in [2.05, 4.69) is 5.32 Å². The second-order valence-electron chi connectivity index (χ2n) is 8.22. The predicted octanol–water partition coefficient (Wildman–Crippen LogP) is 4.03. The van der Waals surface area contributed by atoms with Gasteiger partial charge in [0.2, 0.25) is 0 Å². The van der Waals surface area contributed by atoms with Gasteiger partial charge in [0.15, 0.2) is 0 Å². The number of para-hydroxylation sites is 1. The lowest BCUT2D eigenvalue weighted by Gasteiger charge is -2.20. The third-order valence-electron chi connectivity index (χ3n) is 5.42. The predicted molar refractivity (Wildman–Crippen MR) is 125 cm³/mol. The van der Waals surface area contributed by atoms with Crippen LogP contribution < -0.4 is 15.0 Å². The fraction of sp³-hybridized carbons (Fsp3) is 0.320. The van der Waals surface area contributed by atoms with E-state index in [1.807, 2.05) is 67.5 Å². The second-order valence-corrected chi connectivity index (χ2v) is 8.22. The SMILES string of the molecule is CN(Cc1cc(N(C)C)nc([C@H]2CCCN2)n1)C(=O)c1cccc(Oc2ccccc2)c1. The maximum Gasteiger partial charge on any atom is 0.254 e. The molecule has 0 saturated carbocycles. The monoisotopic (exact) mass is 431 g/mol. The minimum absolute atomic E-state index is 0.0888. The van der Waals surface area contributed by atoms with Gasteiger partial charge in [0.05, 0.1) is 18.3 Å². The summed E-state index contributed by atoms with van der Waals surface area (Å²) in [6.07, 6.45) is 2.15. The number of carbonyl (C=O) groups is 1.